The van der Waals surface area contributed by atoms with Gasteiger partial charge in [-0.05, 0) is 112 Å². The van der Waals surface area contributed by atoms with E-state index in [1.807, 2.05) is 0 Å². The average molecular weight is 705 g/mol. The molecule has 0 spiro atoms. The largest absolute Gasteiger partial charge is 0.455 e. The van der Waals surface area contributed by atoms with Crippen molar-refractivity contribution in [3.63, 3.8) is 0 Å². The van der Waals surface area contributed by atoms with Gasteiger partial charge in [0, 0.05) is 16.2 Å². The van der Waals surface area contributed by atoms with E-state index in [1.165, 1.54) is 0 Å². The Morgan fingerprint density at radius 2 is 0.906 bits per heavy atom. The fourth-order valence-corrected chi connectivity index (χ4v) is 6.50. The van der Waals surface area contributed by atoms with Gasteiger partial charge in [-0.15, -0.1) is 0 Å². The highest BCUT2D eigenvalue weighted by molar-refractivity contribution is 6.24. The number of fused-ring (bicyclic) bond motifs is 8. The van der Waals surface area contributed by atoms with Crippen LogP contribution in [0.4, 0.5) is 0 Å². The molecule has 1 aromatic heterocycles. The summed E-state index contributed by atoms with van der Waals surface area (Å²) < 4.78 is 298. The maximum Gasteiger partial charge on any atom is 0.143 e. The normalized spacial score (nSPS) is 20.2. The maximum absolute atomic E-state index is 10.2. The fourth-order valence-electron chi connectivity index (χ4n) is 6.50. The Balaban J connectivity index is 1.44. The maximum atomic E-state index is 10.2. The molecule has 246 valence electrons. The first-order valence-electron chi connectivity index (χ1n) is 31.7. The van der Waals surface area contributed by atoms with E-state index in [9.17, 15) is 17.8 Å². The third-order valence-electron chi connectivity index (χ3n) is 8.69. The van der Waals surface area contributed by atoms with Gasteiger partial charge in [0.1, 0.15) is 11.2 Å². The van der Waals surface area contributed by atoms with E-state index in [0.717, 1.165) is 0 Å². The first kappa shape index (κ1) is 12.0. The molecule has 0 aliphatic rings. The monoisotopic (exact) mass is 704 g/mol. The second-order valence-electron chi connectivity index (χ2n) is 11.5. The number of rotatable bonds is 4. The number of hydrogen-bond acceptors (Lipinski definition) is 1. The molecule has 0 atom stereocenters. The molecule has 0 saturated carbocycles. The Morgan fingerprint density at radius 3 is 1.66 bits per heavy atom. The smallest absolute Gasteiger partial charge is 0.143 e. The lowest BCUT2D eigenvalue weighted by atomic mass is 9.83. The standard InChI is InChI=1S/C52H32O/c1-2-14-33(15-3-1)38-31-35-17-5-6-20-39(35)47(32-38)50-44-24-10-8-22-42(44)49(43-23-9-11-25-45(43)50)37-19-12-18-36(30-37)40-26-13-27-48-51(40)46-29-28-34-16-4-7-21-41(34)52(46)53-48/h1-32H/i1D,2D,3D,4D,5D,6D,7D,8D,9D,10D,11D,12D,13D,14D,15D,16D,17D,18D,19D,20D,21D,22D,23D,24D,25D,26D,27D,28D,29D,30D,31D,32D. The zero-order valence-electron chi connectivity index (χ0n) is 58.4. The molecule has 11 aromatic rings. The molecular weight excluding hydrogens is 641 g/mol. The van der Waals surface area contributed by atoms with Crippen LogP contribution in [0.1, 0.15) is 43.9 Å². The molecule has 0 radical (unpaired) electrons. The highest BCUT2D eigenvalue weighted by Gasteiger charge is 2.20. The summed E-state index contributed by atoms with van der Waals surface area (Å²) in [5.41, 5.74) is -8.39. The Labute approximate surface area is 352 Å². The molecule has 1 nitrogen and oxygen atoms in total. The van der Waals surface area contributed by atoms with Crippen molar-refractivity contribution < 1.29 is 48.3 Å². The summed E-state index contributed by atoms with van der Waals surface area (Å²) in [6, 6.07) is -32.3. The number of hydrogen-bond donors (Lipinski definition) is 0. The van der Waals surface area contributed by atoms with Crippen LogP contribution in [0.5, 0.6) is 0 Å². The van der Waals surface area contributed by atoms with E-state index in [-0.39, 0.29) is 0 Å². The third-order valence-corrected chi connectivity index (χ3v) is 8.69. The molecule has 0 amide bonds. The molecule has 0 saturated heterocycles. The van der Waals surface area contributed by atoms with Crippen LogP contribution in [0, 0.1) is 0 Å². The van der Waals surface area contributed by atoms with Crippen LogP contribution < -0.4 is 0 Å². The Kier molecular flexibility index (Phi) is 2.68. The van der Waals surface area contributed by atoms with E-state index in [2.05, 4.69) is 0 Å². The Bertz CT molecular complexity index is 4970. The SMILES string of the molecule is [2H]c1c([2H])c([2H])c(-c2c([2H])c(-c3c4c([2H])c([2H])c([2H])c([2H])c4c(-c4c([2H])c([2H])c([2H])c(-c5c([2H])c([2H])c([2H])c6oc7c8c([2H])c([2H])c([2H])c([2H])c8c([2H])c([2H])c7c56)c4[2H])c4c([2H])c([2H])c([2H])c([2H])c34)c3c([2H])c([2H])c([2H])c([2H])c3c2[2H])c([2H])c1[2H]. The molecule has 1 heteroatoms. The van der Waals surface area contributed by atoms with Crippen molar-refractivity contribution in [2.24, 2.45) is 0 Å². The van der Waals surface area contributed by atoms with Crippen LogP contribution in [0.15, 0.2) is 198 Å². The molecular formula is C52H32O. The molecule has 1 heterocycles. The van der Waals surface area contributed by atoms with Crippen molar-refractivity contribution in [1.82, 2.24) is 0 Å². The molecule has 53 heavy (non-hydrogen) atoms. The summed E-state index contributed by atoms with van der Waals surface area (Å²) in [6.45, 7) is 0. The molecule has 0 fully saturated rings. The van der Waals surface area contributed by atoms with Crippen molar-refractivity contribution >= 4 is 65.0 Å². The van der Waals surface area contributed by atoms with Gasteiger partial charge in [-0.25, -0.2) is 0 Å². The van der Waals surface area contributed by atoms with Crippen molar-refractivity contribution in [2.45, 2.75) is 0 Å². The van der Waals surface area contributed by atoms with E-state index in [1.54, 1.807) is 0 Å². The summed E-state index contributed by atoms with van der Waals surface area (Å²) in [5, 5.41) is -7.29. The van der Waals surface area contributed by atoms with Gasteiger partial charge in [0.25, 0.3) is 0 Å². The summed E-state index contributed by atoms with van der Waals surface area (Å²) in [5.74, 6) is 0. The molecule has 0 N–H and O–H groups in total. The van der Waals surface area contributed by atoms with Crippen LogP contribution in [0.2, 0.25) is 0 Å². The summed E-state index contributed by atoms with van der Waals surface area (Å²) in [7, 11) is 0. The third kappa shape index (κ3) is 4.64. The van der Waals surface area contributed by atoms with Crippen LogP contribution in [-0.4, -0.2) is 0 Å². The van der Waals surface area contributed by atoms with Gasteiger partial charge in [-0.1, -0.05) is 163 Å². The van der Waals surface area contributed by atoms with Crippen LogP contribution in [0.3, 0.4) is 0 Å². The lowest BCUT2D eigenvalue weighted by Gasteiger charge is -2.20. The highest BCUT2D eigenvalue weighted by atomic mass is 16.3. The molecule has 11 rings (SSSR count). The van der Waals surface area contributed by atoms with Gasteiger partial charge in [0.2, 0.25) is 0 Å². The zero-order valence-corrected chi connectivity index (χ0v) is 26.4. The second kappa shape index (κ2) is 11.8. The van der Waals surface area contributed by atoms with E-state index in [0.29, 0.717) is 0 Å². The molecule has 10 aromatic carbocycles. The molecule has 0 aliphatic heterocycles. The van der Waals surface area contributed by atoms with Crippen LogP contribution >= 0.6 is 0 Å². The minimum atomic E-state index is -1.16. The molecule has 0 unspecified atom stereocenters. The van der Waals surface area contributed by atoms with E-state index < -0.39 is 303 Å². The molecule has 0 bridgehead atoms. The lowest BCUT2D eigenvalue weighted by Crippen LogP contribution is -1.93. The van der Waals surface area contributed by atoms with Crippen molar-refractivity contribution in [3.05, 3.63) is 193 Å². The van der Waals surface area contributed by atoms with Gasteiger partial charge in [-0.2, -0.15) is 0 Å². The minimum Gasteiger partial charge on any atom is -0.455 e. The van der Waals surface area contributed by atoms with E-state index >= 15 is 0 Å². The average Bonchev–Trinajstić information content (AvgIpc) is 1.48. The predicted octanol–water partition coefficient (Wildman–Crippen LogP) is 14.9. The topological polar surface area (TPSA) is 13.1 Å². The summed E-state index contributed by atoms with van der Waals surface area (Å²) >= 11 is 0. The minimum absolute atomic E-state index is 0.486. The van der Waals surface area contributed by atoms with Crippen LogP contribution in [0.25, 0.3) is 110 Å². The Morgan fingerprint density at radius 1 is 0.321 bits per heavy atom. The van der Waals surface area contributed by atoms with Gasteiger partial charge < -0.3 is 4.42 Å². The number of benzene rings is 10. The first-order valence-corrected chi connectivity index (χ1v) is 15.7. The second-order valence-corrected chi connectivity index (χ2v) is 11.5. The van der Waals surface area contributed by atoms with Gasteiger partial charge in [0.15, 0.2) is 0 Å². The van der Waals surface area contributed by atoms with Crippen LogP contribution in [-0.2, 0) is 0 Å². The van der Waals surface area contributed by atoms with E-state index in [4.69, 9.17) is 30.5 Å². The highest BCUT2D eigenvalue weighted by Crippen LogP contribution is 2.47. The quantitative estimate of drug-likeness (QED) is 0.166. The van der Waals surface area contributed by atoms with Gasteiger partial charge >= 0.3 is 0 Å². The number of furan rings is 1. The fraction of sp³-hybridized carbons (Fsp3) is 0. The summed E-state index contributed by atoms with van der Waals surface area (Å²) in [6.07, 6.45) is 0. The van der Waals surface area contributed by atoms with Crippen molar-refractivity contribution in [3.8, 4) is 44.5 Å². The zero-order chi connectivity index (χ0) is 62.7. The van der Waals surface area contributed by atoms with Gasteiger partial charge in [-0.3, -0.25) is 0 Å². The summed E-state index contributed by atoms with van der Waals surface area (Å²) in [4.78, 5) is 0. The Hall–Kier alpha value is -6.96. The van der Waals surface area contributed by atoms with Crippen molar-refractivity contribution in [2.75, 3.05) is 0 Å². The van der Waals surface area contributed by atoms with Crippen molar-refractivity contribution in [1.29, 1.82) is 0 Å². The lowest BCUT2D eigenvalue weighted by molar-refractivity contribution is 0.673. The molecule has 0 aliphatic carbocycles. The predicted molar refractivity (Wildman–Crippen MR) is 225 cm³/mol. The van der Waals surface area contributed by atoms with Gasteiger partial charge in [0.05, 0.1) is 43.9 Å². The first-order chi connectivity index (χ1) is 39.6.